The predicted molar refractivity (Wildman–Crippen MR) is 62.1 cm³/mol. The normalized spacial score (nSPS) is 10.5. The zero-order valence-electron chi connectivity index (χ0n) is 9.74. The maximum atomic E-state index is 12.9. The molecular weight excluding hydrogens is 209 g/mol. The molecule has 0 radical (unpaired) electrons. The van der Waals surface area contributed by atoms with Gasteiger partial charge in [-0.05, 0) is 25.1 Å². The number of rotatable bonds is 6. The Labute approximate surface area is 95.5 Å². The standard InChI is InChI=1S/C12H18FNO2/c1-3-16-7-6-14(2)12-5-4-11(13)8-10(12)9-15/h4-5,8,15H,3,6-7,9H2,1-2H3. The molecule has 0 spiro atoms. The van der Waals surface area contributed by atoms with E-state index in [-0.39, 0.29) is 12.4 Å². The van der Waals surface area contributed by atoms with Crippen LogP contribution >= 0.6 is 0 Å². The summed E-state index contributed by atoms with van der Waals surface area (Å²) in [6, 6.07) is 4.42. The Morgan fingerprint density at radius 1 is 1.44 bits per heavy atom. The number of aliphatic hydroxyl groups excluding tert-OH is 1. The van der Waals surface area contributed by atoms with E-state index < -0.39 is 0 Å². The van der Waals surface area contributed by atoms with E-state index in [4.69, 9.17) is 9.84 Å². The minimum absolute atomic E-state index is 0.161. The van der Waals surface area contributed by atoms with Crippen LogP contribution in [0.3, 0.4) is 0 Å². The Morgan fingerprint density at radius 2 is 2.19 bits per heavy atom. The maximum absolute atomic E-state index is 12.9. The Balaban J connectivity index is 2.70. The van der Waals surface area contributed by atoms with Crippen molar-refractivity contribution in [1.29, 1.82) is 0 Å². The minimum atomic E-state index is -0.328. The van der Waals surface area contributed by atoms with Gasteiger partial charge in [0, 0.05) is 31.5 Å². The van der Waals surface area contributed by atoms with E-state index in [1.54, 1.807) is 6.07 Å². The van der Waals surface area contributed by atoms with Crippen molar-refractivity contribution in [3.8, 4) is 0 Å². The summed E-state index contributed by atoms with van der Waals surface area (Å²) in [6.45, 7) is 3.80. The van der Waals surface area contributed by atoms with Gasteiger partial charge in [0.1, 0.15) is 5.82 Å². The number of likely N-dealkylation sites (N-methyl/N-ethyl adjacent to an activating group) is 1. The van der Waals surface area contributed by atoms with Gasteiger partial charge in [-0.1, -0.05) is 0 Å². The van der Waals surface area contributed by atoms with E-state index in [0.29, 0.717) is 25.3 Å². The van der Waals surface area contributed by atoms with E-state index >= 15 is 0 Å². The topological polar surface area (TPSA) is 32.7 Å². The molecule has 1 aromatic rings. The molecule has 0 aliphatic rings. The number of benzene rings is 1. The van der Waals surface area contributed by atoms with Crippen molar-refractivity contribution in [2.24, 2.45) is 0 Å². The van der Waals surface area contributed by atoms with Crippen molar-refractivity contribution in [2.45, 2.75) is 13.5 Å². The first-order valence-corrected chi connectivity index (χ1v) is 5.37. The van der Waals surface area contributed by atoms with Crippen molar-refractivity contribution in [3.05, 3.63) is 29.6 Å². The first kappa shape index (κ1) is 12.9. The van der Waals surface area contributed by atoms with Gasteiger partial charge in [-0.3, -0.25) is 0 Å². The number of aliphatic hydroxyl groups is 1. The highest BCUT2D eigenvalue weighted by atomic mass is 19.1. The second-order valence-corrected chi connectivity index (χ2v) is 3.55. The van der Waals surface area contributed by atoms with Crippen LogP contribution in [-0.4, -0.2) is 31.9 Å². The fraction of sp³-hybridized carbons (Fsp3) is 0.500. The molecule has 1 N–H and O–H groups in total. The zero-order valence-corrected chi connectivity index (χ0v) is 9.74. The molecular formula is C12H18FNO2. The third-order valence-electron chi connectivity index (χ3n) is 2.40. The number of halogens is 1. The molecule has 4 heteroatoms. The van der Waals surface area contributed by atoms with Crippen molar-refractivity contribution < 1.29 is 14.2 Å². The molecule has 0 unspecified atom stereocenters. The van der Waals surface area contributed by atoms with Crippen molar-refractivity contribution in [1.82, 2.24) is 0 Å². The minimum Gasteiger partial charge on any atom is -0.392 e. The highest BCUT2D eigenvalue weighted by Crippen LogP contribution is 2.20. The van der Waals surface area contributed by atoms with Gasteiger partial charge in [-0.25, -0.2) is 4.39 Å². The smallest absolute Gasteiger partial charge is 0.123 e. The molecule has 0 saturated heterocycles. The molecule has 3 nitrogen and oxygen atoms in total. The molecule has 0 aliphatic carbocycles. The van der Waals surface area contributed by atoms with Crippen LogP contribution in [0.15, 0.2) is 18.2 Å². The number of hydrogen-bond acceptors (Lipinski definition) is 3. The molecule has 0 heterocycles. The van der Waals surface area contributed by atoms with Crippen LogP contribution in [0.25, 0.3) is 0 Å². The average molecular weight is 227 g/mol. The summed E-state index contributed by atoms with van der Waals surface area (Å²) in [5, 5.41) is 9.14. The van der Waals surface area contributed by atoms with E-state index in [1.807, 2.05) is 18.9 Å². The molecule has 0 atom stereocenters. The van der Waals surface area contributed by atoms with Gasteiger partial charge in [-0.2, -0.15) is 0 Å². The highest BCUT2D eigenvalue weighted by Gasteiger charge is 2.07. The molecule has 90 valence electrons. The largest absolute Gasteiger partial charge is 0.392 e. The molecule has 0 aromatic heterocycles. The average Bonchev–Trinajstić information content (AvgIpc) is 2.29. The molecule has 1 rings (SSSR count). The Bertz CT molecular complexity index is 331. The van der Waals surface area contributed by atoms with Crippen molar-refractivity contribution in [2.75, 3.05) is 31.7 Å². The lowest BCUT2D eigenvalue weighted by Crippen LogP contribution is -2.23. The molecule has 0 fully saturated rings. The van der Waals surface area contributed by atoms with E-state index in [0.717, 1.165) is 5.69 Å². The number of ether oxygens (including phenoxy) is 1. The quantitative estimate of drug-likeness (QED) is 0.752. The summed E-state index contributed by atoms with van der Waals surface area (Å²) in [6.07, 6.45) is 0. The third kappa shape index (κ3) is 3.47. The first-order chi connectivity index (χ1) is 7.69. The summed E-state index contributed by atoms with van der Waals surface area (Å²) in [7, 11) is 1.89. The van der Waals surface area contributed by atoms with Gasteiger partial charge in [-0.15, -0.1) is 0 Å². The fourth-order valence-corrected chi connectivity index (χ4v) is 1.52. The lowest BCUT2D eigenvalue weighted by molar-refractivity contribution is 0.154. The maximum Gasteiger partial charge on any atom is 0.123 e. The van der Waals surface area contributed by atoms with Crippen LogP contribution in [-0.2, 0) is 11.3 Å². The first-order valence-electron chi connectivity index (χ1n) is 5.37. The van der Waals surface area contributed by atoms with Crippen LogP contribution < -0.4 is 4.90 Å². The Morgan fingerprint density at radius 3 is 2.81 bits per heavy atom. The van der Waals surface area contributed by atoms with E-state index in [2.05, 4.69) is 0 Å². The molecule has 0 bridgehead atoms. The fourth-order valence-electron chi connectivity index (χ4n) is 1.52. The van der Waals surface area contributed by atoms with Crippen molar-refractivity contribution in [3.63, 3.8) is 0 Å². The van der Waals surface area contributed by atoms with Gasteiger partial charge in [0.05, 0.1) is 13.2 Å². The molecule has 0 amide bonds. The number of hydrogen-bond donors (Lipinski definition) is 1. The third-order valence-corrected chi connectivity index (χ3v) is 2.40. The zero-order chi connectivity index (χ0) is 12.0. The molecule has 0 saturated carbocycles. The van der Waals surface area contributed by atoms with Crippen LogP contribution in [0, 0.1) is 5.82 Å². The van der Waals surface area contributed by atoms with Crippen LogP contribution in [0.5, 0.6) is 0 Å². The number of nitrogens with zero attached hydrogens (tertiary/aromatic N) is 1. The van der Waals surface area contributed by atoms with E-state index in [9.17, 15) is 4.39 Å². The molecule has 0 aliphatic heterocycles. The van der Waals surface area contributed by atoms with Gasteiger partial charge in [0.2, 0.25) is 0 Å². The summed E-state index contributed by atoms with van der Waals surface area (Å²) >= 11 is 0. The Hall–Kier alpha value is -1.13. The summed E-state index contributed by atoms with van der Waals surface area (Å²) in [5.74, 6) is -0.328. The Kier molecular flexibility index (Phi) is 5.22. The highest BCUT2D eigenvalue weighted by molar-refractivity contribution is 5.52. The summed E-state index contributed by atoms with van der Waals surface area (Å²) in [4.78, 5) is 1.95. The summed E-state index contributed by atoms with van der Waals surface area (Å²) in [5.41, 5.74) is 1.43. The van der Waals surface area contributed by atoms with E-state index in [1.165, 1.54) is 12.1 Å². The lowest BCUT2D eigenvalue weighted by Gasteiger charge is -2.21. The van der Waals surface area contributed by atoms with Gasteiger partial charge >= 0.3 is 0 Å². The molecule has 16 heavy (non-hydrogen) atoms. The van der Waals surface area contributed by atoms with Crippen LogP contribution in [0.4, 0.5) is 10.1 Å². The van der Waals surface area contributed by atoms with Gasteiger partial charge in [0.25, 0.3) is 0 Å². The van der Waals surface area contributed by atoms with Gasteiger partial charge < -0.3 is 14.7 Å². The number of anilines is 1. The summed E-state index contributed by atoms with van der Waals surface area (Å²) < 4.78 is 18.2. The van der Waals surface area contributed by atoms with Gasteiger partial charge in [0.15, 0.2) is 0 Å². The SMILES string of the molecule is CCOCCN(C)c1ccc(F)cc1CO. The van der Waals surface area contributed by atoms with Crippen molar-refractivity contribution >= 4 is 5.69 Å². The lowest BCUT2D eigenvalue weighted by atomic mass is 10.1. The van der Waals surface area contributed by atoms with Crippen LogP contribution in [0.2, 0.25) is 0 Å². The predicted octanol–water partition coefficient (Wildman–Crippen LogP) is 1.79. The van der Waals surface area contributed by atoms with Crippen LogP contribution in [0.1, 0.15) is 12.5 Å². The second-order valence-electron chi connectivity index (χ2n) is 3.55. The molecule has 1 aromatic carbocycles. The monoisotopic (exact) mass is 227 g/mol. The second kappa shape index (κ2) is 6.45.